The summed E-state index contributed by atoms with van der Waals surface area (Å²) in [5.41, 5.74) is 15.0. The van der Waals surface area contributed by atoms with E-state index in [9.17, 15) is 0 Å². The van der Waals surface area contributed by atoms with Gasteiger partial charge in [0, 0.05) is 51.2 Å². The molecule has 1 aromatic heterocycles. The van der Waals surface area contributed by atoms with E-state index >= 15 is 0 Å². The molecule has 0 aliphatic heterocycles. The van der Waals surface area contributed by atoms with Crippen molar-refractivity contribution in [2.75, 3.05) is 4.90 Å². The van der Waals surface area contributed by atoms with Crippen LogP contribution in [-0.2, 0) is 0 Å². The van der Waals surface area contributed by atoms with Crippen LogP contribution in [0.3, 0.4) is 0 Å². The molecule has 2 atom stereocenters. The number of aromatic nitrogens is 1. The van der Waals surface area contributed by atoms with Crippen LogP contribution in [0.15, 0.2) is 188 Å². The fourth-order valence-corrected chi connectivity index (χ4v) is 7.93. The van der Waals surface area contributed by atoms with Crippen molar-refractivity contribution in [3.8, 4) is 27.9 Å². The molecule has 7 aromatic rings. The summed E-state index contributed by atoms with van der Waals surface area (Å²) >= 11 is 0. The van der Waals surface area contributed by atoms with Crippen molar-refractivity contribution in [1.82, 2.24) is 4.57 Å². The monoisotopic (exact) mass is 656 g/mol. The van der Waals surface area contributed by atoms with E-state index in [1.165, 1.54) is 61.4 Å². The molecule has 0 amide bonds. The van der Waals surface area contributed by atoms with Crippen LogP contribution >= 0.6 is 0 Å². The van der Waals surface area contributed by atoms with Gasteiger partial charge in [-0.1, -0.05) is 146 Å². The molecule has 0 N–H and O–H groups in total. The van der Waals surface area contributed by atoms with Gasteiger partial charge in [0.2, 0.25) is 0 Å². The van der Waals surface area contributed by atoms with Crippen LogP contribution in [0.5, 0.6) is 0 Å². The maximum atomic E-state index is 2.47. The van der Waals surface area contributed by atoms with Gasteiger partial charge < -0.3 is 9.47 Å². The quantitative estimate of drug-likeness (QED) is 0.166. The summed E-state index contributed by atoms with van der Waals surface area (Å²) in [4.78, 5) is 2.38. The zero-order valence-electron chi connectivity index (χ0n) is 28.9. The van der Waals surface area contributed by atoms with E-state index in [-0.39, 0.29) is 0 Å². The van der Waals surface area contributed by atoms with Gasteiger partial charge in [-0.05, 0) is 89.2 Å². The van der Waals surface area contributed by atoms with E-state index in [1.54, 1.807) is 0 Å². The van der Waals surface area contributed by atoms with Gasteiger partial charge in [0.05, 0.1) is 5.52 Å². The molecule has 2 nitrogen and oxygen atoms in total. The van der Waals surface area contributed by atoms with Crippen LogP contribution < -0.4 is 4.90 Å². The molecule has 0 spiro atoms. The summed E-state index contributed by atoms with van der Waals surface area (Å²) in [7, 11) is 0. The Bertz CT molecular complexity index is 2390. The molecule has 1 heterocycles. The number of benzene rings is 6. The molecule has 2 heteroatoms. The maximum Gasteiger partial charge on any atom is 0.0537 e. The van der Waals surface area contributed by atoms with Gasteiger partial charge in [0.25, 0.3) is 0 Å². The Labute approximate surface area is 301 Å². The lowest BCUT2D eigenvalue weighted by Gasteiger charge is -2.29. The lowest BCUT2D eigenvalue weighted by atomic mass is 9.91. The SMILES string of the molecule is CC1CC=Cc2c1n(-c1ccc(-c3ccc(N(C4=CCC(c5ccccc5)C=C4)c4ccc(-c5ccccc5)cc4)cc3)cc1)c1ccccc21. The highest BCUT2D eigenvalue weighted by atomic mass is 15.1. The first-order chi connectivity index (χ1) is 25.2. The first-order valence-corrected chi connectivity index (χ1v) is 18.1. The van der Waals surface area contributed by atoms with Crippen molar-refractivity contribution in [3.05, 3.63) is 205 Å². The Morgan fingerprint density at radius 3 is 1.75 bits per heavy atom. The minimum Gasteiger partial charge on any atom is -0.313 e. The summed E-state index contributed by atoms with van der Waals surface area (Å²) in [5, 5.41) is 1.33. The maximum absolute atomic E-state index is 2.47. The fraction of sp³-hybridized carbons (Fsp3) is 0.102. The molecule has 0 saturated carbocycles. The molecule has 0 saturated heterocycles. The number of hydrogen-bond acceptors (Lipinski definition) is 1. The van der Waals surface area contributed by atoms with Gasteiger partial charge in [-0.25, -0.2) is 0 Å². The van der Waals surface area contributed by atoms with Crippen molar-refractivity contribution in [2.24, 2.45) is 0 Å². The minimum absolute atomic E-state index is 0.386. The Morgan fingerprint density at radius 1 is 0.549 bits per heavy atom. The van der Waals surface area contributed by atoms with Crippen molar-refractivity contribution < 1.29 is 0 Å². The van der Waals surface area contributed by atoms with Crippen LogP contribution in [-0.4, -0.2) is 4.57 Å². The van der Waals surface area contributed by atoms with E-state index in [0.29, 0.717) is 11.8 Å². The molecule has 246 valence electrons. The zero-order valence-corrected chi connectivity index (χ0v) is 28.9. The lowest BCUT2D eigenvalue weighted by molar-refractivity contribution is 0.723. The zero-order chi connectivity index (χ0) is 34.1. The number of nitrogens with zero attached hydrogens (tertiary/aromatic N) is 2. The second-order valence-corrected chi connectivity index (χ2v) is 13.8. The number of hydrogen-bond donors (Lipinski definition) is 0. The number of rotatable bonds is 7. The molecule has 2 aliphatic rings. The molecule has 2 aliphatic carbocycles. The van der Waals surface area contributed by atoms with Gasteiger partial charge >= 0.3 is 0 Å². The van der Waals surface area contributed by atoms with Crippen molar-refractivity contribution in [3.63, 3.8) is 0 Å². The average molecular weight is 657 g/mol. The smallest absolute Gasteiger partial charge is 0.0537 e. The third-order valence-electron chi connectivity index (χ3n) is 10.6. The average Bonchev–Trinajstić information content (AvgIpc) is 3.55. The molecule has 0 radical (unpaired) electrons. The van der Waals surface area contributed by atoms with E-state index in [0.717, 1.165) is 24.2 Å². The number of anilines is 2. The molecular formula is C49H40N2. The first-order valence-electron chi connectivity index (χ1n) is 18.1. The highest BCUT2D eigenvalue weighted by Crippen LogP contribution is 2.40. The summed E-state index contributed by atoms with van der Waals surface area (Å²) < 4.78 is 2.47. The summed E-state index contributed by atoms with van der Waals surface area (Å²) in [6, 6.07) is 57.3. The van der Waals surface area contributed by atoms with E-state index < -0.39 is 0 Å². The van der Waals surface area contributed by atoms with Crippen LogP contribution in [0.4, 0.5) is 11.4 Å². The van der Waals surface area contributed by atoms with Crippen LogP contribution in [0.2, 0.25) is 0 Å². The predicted molar refractivity (Wildman–Crippen MR) is 216 cm³/mol. The number of para-hydroxylation sites is 1. The minimum atomic E-state index is 0.386. The third kappa shape index (κ3) is 5.83. The molecule has 6 aromatic carbocycles. The molecule has 0 bridgehead atoms. The number of allylic oxidation sites excluding steroid dienone is 4. The summed E-state index contributed by atoms with van der Waals surface area (Å²) in [6.07, 6.45) is 13.7. The highest BCUT2D eigenvalue weighted by Gasteiger charge is 2.23. The van der Waals surface area contributed by atoms with Gasteiger partial charge in [0.1, 0.15) is 0 Å². The Kier molecular flexibility index (Phi) is 8.06. The molecule has 2 unspecified atom stereocenters. The van der Waals surface area contributed by atoms with Crippen molar-refractivity contribution >= 4 is 28.4 Å². The predicted octanol–water partition coefficient (Wildman–Crippen LogP) is 13.3. The van der Waals surface area contributed by atoms with Gasteiger partial charge in [-0.15, -0.1) is 0 Å². The van der Waals surface area contributed by atoms with Gasteiger partial charge in [-0.3, -0.25) is 0 Å². The first kappa shape index (κ1) is 30.9. The third-order valence-corrected chi connectivity index (χ3v) is 10.6. The summed E-state index contributed by atoms with van der Waals surface area (Å²) in [5.74, 6) is 0.859. The second kappa shape index (κ2) is 13.3. The fourth-order valence-electron chi connectivity index (χ4n) is 7.93. The Hall–Kier alpha value is -6.12. The lowest BCUT2D eigenvalue weighted by Crippen LogP contribution is -2.17. The van der Waals surface area contributed by atoms with Crippen LogP contribution in [0, 0.1) is 0 Å². The number of fused-ring (bicyclic) bond motifs is 3. The van der Waals surface area contributed by atoms with Crippen molar-refractivity contribution in [1.29, 1.82) is 0 Å². The van der Waals surface area contributed by atoms with Gasteiger partial charge in [-0.2, -0.15) is 0 Å². The molecule has 51 heavy (non-hydrogen) atoms. The van der Waals surface area contributed by atoms with E-state index in [4.69, 9.17) is 0 Å². The van der Waals surface area contributed by atoms with Crippen LogP contribution in [0.1, 0.15) is 48.4 Å². The Morgan fingerprint density at radius 2 is 1.12 bits per heavy atom. The van der Waals surface area contributed by atoms with E-state index in [2.05, 4.69) is 204 Å². The standard InChI is InChI=1S/C49H40N2/c1-35-11-10-17-47-46-16-8-9-18-48(46)51(49(35)47)45-33-25-41(26-34-45)40-23-31-44(32-24-40)50(42-27-19-38(20-28-42)36-12-4-2-5-13-36)43-29-21-39(22-30-43)37-14-6-3-7-15-37/h2-10,12-21,23-35,39H,11,22H2,1H3. The molecular weight excluding hydrogens is 617 g/mol. The second-order valence-electron chi connectivity index (χ2n) is 13.8. The Balaban J connectivity index is 1.03. The van der Waals surface area contributed by atoms with Gasteiger partial charge in [0.15, 0.2) is 0 Å². The molecule has 9 rings (SSSR count). The largest absolute Gasteiger partial charge is 0.313 e. The highest BCUT2D eigenvalue weighted by molar-refractivity contribution is 5.93. The van der Waals surface area contributed by atoms with Crippen molar-refractivity contribution in [2.45, 2.75) is 31.6 Å². The normalized spacial score (nSPS) is 16.5. The van der Waals surface area contributed by atoms with E-state index in [1.807, 2.05) is 0 Å². The topological polar surface area (TPSA) is 8.17 Å². The van der Waals surface area contributed by atoms with Crippen LogP contribution in [0.25, 0.3) is 44.9 Å². The summed E-state index contributed by atoms with van der Waals surface area (Å²) in [6.45, 7) is 2.34. The molecule has 0 fully saturated rings.